The summed E-state index contributed by atoms with van der Waals surface area (Å²) >= 11 is 0. The lowest BCUT2D eigenvalue weighted by atomic mass is 10.2. The molecule has 2 heterocycles. The van der Waals surface area contributed by atoms with Crippen LogP contribution in [0.3, 0.4) is 0 Å². The van der Waals surface area contributed by atoms with Crippen molar-refractivity contribution in [2.24, 2.45) is 0 Å². The summed E-state index contributed by atoms with van der Waals surface area (Å²) in [6.45, 7) is 0. The Morgan fingerprint density at radius 3 is 3.15 bits per heavy atom. The van der Waals surface area contributed by atoms with Gasteiger partial charge < -0.3 is 9.72 Å². The van der Waals surface area contributed by atoms with Crippen LogP contribution in [0.4, 0.5) is 0 Å². The van der Waals surface area contributed by atoms with Gasteiger partial charge in [-0.25, -0.2) is 4.98 Å². The molecule has 1 N–H and O–H groups in total. The Balaban J connectivity index is 2.82. The second-order valence-electron chi connectivity index (χ2n) is 2.61. The minimum absolute atomic E-state index is 0.0329. The summed E-state index contributed by atoms with van der Waals surface area (Å²) in [5.41, 5.74) is 0.683. The van der Waals surface area contributed by atoms with E-state index >= 15 is 0 Å². The molecule has 0 spiro atoms. The molecule has 0 saturated carbocycles. The van der Waals surface area contributed by atoms with Crippen molar-refractivity contribution in [3.05, 3.63) is 34.7 Å². The average molecular weight is 176 g/mol. The topological polar surface area (TPSA) is 55.0 Å². The maximum Gasteiger partial charge on any atom is 0.213 e. The van der Waals surface area contributed by atoms with E-state index in [0.29, 0.717) is 16.8 Å². The molecule has 0 atom stereocenters. The van der Waals surface area contributed by atoms with E-state index in [-0.39, 0.29) is 5.43 Å². The van der Waals surface area contributed by atoms with Gasteiger partial charge in [0.15, 0.2) is 5.43 Å². The third kappa shape index (κ3) is 1.26. The molecule has 0 bridgehead atoms. The van der Waals surface area contributed by atoms with Crippen molar-refractivity contribution < 1.29 is 4.74 Å². The zero-order valence-corrected chi connectivity index (χ0v) is 7.07. The van der Waals surface area contributed by atoms with Gasteiger partial charge in [-0.2, -0.15) is 0 Å². The van der Waals surface area contributed by atoms with Crippen LogP contribution >= 0.6 is 0 Å². The summed E-state index contributed by atoms with van der Waals surface area (Å²) in [7, 11) is 1.52. The van der Waals surface area contributed by atoms with Gasteiger partial charge in [0.2, 0.25) is 5.88 Å². The molecular weight excluding hydrogens is 168 g/mol. The lowest BCUT2D eigenvalue weighted by molar-refractivity contribution is 0.398. The number of aromatic amines is 1. The lowest BCUT2D eigenvalue weighted by Crippen LogP contribution is -2.01. The minimum atomic E-state index is -0.0329. The Kier molecular flexibility index (Phi) is 1.73. The summed E-state index contributed by atoms with van der Waals surface area (Å²) in [4.78, 5) is 18.2. The van der Waals surface area contributed by atoms with E-state index in [2.05, 4.69) is 9.97 Å². The van der Waals surface area contributed by atoms with Crippen LogP contribution in [0.15, 0.2) is 29.3 Å². The van der Waals surface area contributed by atoms with Crippen molar-refractivity contribution in [1.82, 2.24) is 9.97 Å². The lowest BCUT2D eigenvalue weighted by Gasteiger charge is -1.99. The number of rotatable bonds is 1. The highest BCUT2D eigenvalue weighted by Crippen LogP contribution is 2.11. The Morgan fingerprint density at radius 1 is 1.54 bits per heavy atom. The predicted molar refractivity (Wildman–Crippen MR) is 48.9 cm³/mol. The molecule has 0 radical (unpaired) electrons. The van der Waals surface area contributed by atoms with Crippen molar-refractivity contribution in [3.63, 3.8) is 0 Å². The van der Waals surface area contributed by atoms with E-state index < -0.39 is 0 Å². The molecule has 0 fully saturated rings. The third-order valence-corrected chi connectivity index (χ3v) is 1.83. The molecule has 0 amide bonds. The Labute approximate surface area is 74.2 Å². The number of methoxy groups -OCH3 is 1. The highest BCUT2D eigenvalue weighted by atomic mass is 16.5. The van der Waals surface area contributed by atoms with Gasteiger partial charge in [0.1, 0.15) is 0 Å². The molecule has 0 aliphatic rings. The van der Waals surface area contributed by atoms with Gasteiger partial charge in [-0.1, -0.05) is 0 Å². The number of nitrogens with zero attached hydrogens (tertiary/aromatic N) is 1. The second-order valence-corrected chi connectivity index (χ2v) is 2.61. The van der Waals surface area contributed by atoms with Crippen LogP contribution in [0.5, 0.6) is 5.88 Å². The molecule has 0 unspecified atom stereocenters. The van der Waals surface area contributed by atoms with E-state index in [4.69, 9.17) is 4.74 Å². The van der Waals surface area contributed by atoms with Crippen molar-refractivity contribution >= 4 is 10.9 Å². The summed E-state index contributed by atoms with van der Waals surface area (Å²) in [5, 5.41) is 0.592. The molecule has 4 heteroatoms. The quantitative estimate of drug-likeness (QED) is 0.703. The largest absolute Gasteiger partial charge is 0.481 e. The normalized spacial score (nSPS) is 10.2. The Hall–Kier alpha value is -1.84. The number of nitrogens with one attached hydrogen (secondary N) is 1. The van der Waals surface area contributed by atoms with Gasteiger partial charge in [-0.05, 0) is 0 Å². The van der Waals surface area contributed by atoms with Crippen LogP contribution in [-0.4, -0.2) is 17.1 Å². The molecule has 0 saturated heterocycles. The van der Waals surface area contributed by atoms with Crippen LogP contribution in [0.2, 0.25) is 0 Å². The summed E-state index contributed by atoms with van der Waals surface area (Å²) in [6, 6.07) is 3.09. The van der Waals surface area contributed by atoms with Crippen LogP contribution in [-0.2, 0) is 0 Å². The minimum Gasteiger partial charge on any atom is -0.481 e. The molecule has 66 valence electrons. The Bertz CT molecular complexity index is 490. The van der Waals surface area contributed by atoms with Crippen molar-refractivity contribution in [3.8, 4) is 5.88 Å². The molecule has 0 aliphatic heterocycles. The van der Waals surface area contributed by atoms with Gasteiger partial charge in [0, 0.05) is 18.3 Å². The van der Waals surface area contributed by atoms with Gasteiger partial charge in [-0.3, -0.25) is 4.79 Å². The number of fused-ring (bicyclic) bond motifs is 1. The molecule has 2 rings (SSSR count). The molecule has 0 aliphatic carbocycles. The van der Waals surface area contributed by atoms with Crippen molar-refractivity contribution in [2.45, 2.75) is 0 Å². The summed E-state index contributed by atoms with van der Waals surface area (Å²) < 4.78 is 4.91. The standard InChI is InChI=1S/C9H8N2O2/c1-13-9-4-6-7(5-11-9)10-3-2-8(6)12/h2-5H,1H3,(H,10,12). The van der Waals surface area contributed by atoms with Crippen LogP contribution < -0.4 is 10.2 Å². The molecule has 4 nitrogen and oxygen atoms in total. The summed E-state index contributed by atoms with van der Waals surface area (Å²) in [5.74, 6) is 0.448. The number of ether oxygens (including phenoxy) is 1. The number of hydrogen-bond acceptors (Lipinski definition) is 3. The Morgan fingerprint density at radius 2 is 2.38 bits per heavy atom. The smallest absolute Gasteiger partial charge is 0.213 e. The number of aromatic nitrogens is 2. The third-order valence-electron chi connectivity index (χ3n) is 1.83. The van der Waals surface area contributed by atoms with Crippen molar-refractivity contribution in [2.75, 3.05) is 7.11 Å². The number of H-pyrrole nitrogens is 1. The second kappa shape index (κ2) is 2.90. The van der Waals surface area contributed by atoms with E-state index in [1.165, 1.54) is 13.2 Å². The van der Waals surface area contributed by atoms with E-state index in [1.807, 2.05) is 0 Å². The summed E-state index contributed by atoms with van der Waals surface area (Å²) in [6.07, 6.45) is 3.17. The van der Waals surface area contributed by atoms with Gasteiger partial charge in [0.25, 0.3) is 0 Å². The predicted octanol–water partition coefficient (Wildman–Crippen LogP) is 0.932. The van der Waals surface area contributed by atoms with Crippen LogP contribution in [0, 0.1) is 0 Å². The van der Waals surface area contributed by atoms with E-state index in [0.717, 1.165) is 0 Å². The van der Waals surface area contributed by atoms with E-state index in [1.54, 1.807) is 18.5 Å². The van der Waals surface area contributed by atoms with Crippen LogP contribution in [0.25, 0.3) is 10.9 Å². The molecule has 2 aromatic heterocycles. The van der Waals surface area contributed by atoms with Crippen molar-refractivity contribution in [1.29, 1.82) is 0 Å². The zero-order chi connectivity index (χ0) is 9.26. The van der Waals surface area contributed by atoms with Gasteiger partial charge in [-0.15, -0.1) is 0 Å². The fourth-order valence-electron chi connectivity index (χ4n) is 1.16. The first-order chi connectivity index (χ1) is 6.31. The highest BCUT2D eigenvalue weighted by Gasteiger charge is 1.99. The highest BCUT2D eigenvalue weighted by molar-refractivity contribution is 5.77. The molecular formula is C9H8N2O2. The molecule has 0 aromatic carbocycles. The van der Waals surface area contributed by atoms with Crippen LogP contribution in [0.1, 0.15) is 0 Å². The maximum absolute atomic E-state index is 11.3. The zero-order valence-electron chi connectivity index (χ0n) is 7.07. The monoisotopic (exact) mass is 176 g/mol. The number of hydrogen-bond donors (Lipinski definition) is 1. The first-order valence-corrected chi connectivity index (χ1v) is 3.83. The number of pyridine rings is 2. The van der Waals surface area contributed by atoms with Gasteiger partial charge >= 0.3 is 0 Å². The molecule has 13 heavy (non-hydrogen) atoms. The average Bonchev–Trinajstić information content (AvgIpc) is 2.18. The maximum atomic E-state index is 11.3. The van der Waals surface area contributed by atoms with Gasteiger partial charge in [0.05, 0.1) is 24.2 Å². The first-order valence-electron chi connectivity index (χ1n) is 3.83. The van der Waals surface area contributed by atoms with E-state index in [9.17, 15) is 4.79 Å². The SMILES string of the molecule is COc1cc2c(=O)cc[nH]c2cn1. The molecule has 2 aromatic rings. The fourth-order valence-corrected chi connectivity index (χ4v) is 1.16. The fraction of sp³-hybridized carbons (Fsp3) is 0.111. The first kappa shape index (κ1) is 7.79.